The maximum atomic E-state index is 12.3. The molecule has 0 spiro atoms. The van der Waals surface area contributed by atoms with Gasteiger partial charge in [-0.3, -0.25) is 9.69 Å². The molecule has 2 rings (SSSR count). The summed E-state index contributed by atoms with van der Waals surface area (Å²) in [5.74, 6) is -0.660. The van der Waals surface area contributed by atoms with Gasteiger partial charge in [-0.05, 0) is 43.8 Å². The molecule has 0 bridgehead atoms. The zero-order chi connectivity index (χ0) is 18.2. The third kappa shape index (κ3) is 5.89. The Kier molecular flexibility index (Phi) is 6.98. The van der Waals surface area contributed by atoms with Crippen molar-refractivity contribution in [1.82, 2.24) is 4.90 Å². The second-order valence-electron chi connectivity index (χ2n) is 5.62. The van der Waals surface area contributed by atoms with Crippen molar-refractivity contribution in [3.8, 4) is 0 Å². The van der Waals surface area contributed by atoms with E-state index in [0.29, 0.717) is 22.8 Å². The number of nitrogens with one attached hydrogen (secondary N) is 1. The first-order chi connectivity index (χ1) is 12.0. The summed E-state index contributed by atoms with van der Waals surface area (Å²) < 4.78 is 5.01. The maximum Gasteiger partial charge on any atom is 0.340 e. The van der Waals surface area contributed by atoms with E-state index in [9.17, 15) is 9.59 Å². The van der Waals surface area contributed by atoms with E-state index in [2.05, 4.69) is 5.32 Å². The molecule has 132 valence electrons. The minimum Gasteiger partial charge on any atom is -0.462 e. The van der Waals surface area contributed by atoms with Gasteiger partial charge in [-0.25, -0.2) is 4.79 Å². The van der Waals surface area contributed by atoms with Gasteiger partial charge in [0.15, 0.2) is 0 Å². The van der Waals surface area contributed by atoms with E-state index in [0.717, 1.165) is 5.56 Å². The van der Waals surface area contributed by atoms with Gasteiger partial charge in [-0.2, -0.15) is 0 Å². The highest BCUT2D eigenvalue weighted by molar-refractivity contribution is 6.30. The van der Waals surface area contributed by atoms with E-state index in [-0.39, 0.29) is 19.1 Å². The molecule has 6 heteroatoms. The van der Waals surface area contributed by atoms with Crippen LogP contribution in [0.3, 0.4) is 0 Å². The first kappa shape index (κ1) is 19.0. The molecular formula is C19H21ClN2O3. The van der Waals surface area contributed by atoms with Crippen molar-refractivity contribution in [2.24, 2.45) is 0 Å². The smallest absolute Gasteiger partial charge is 0.340 e. The molecule has 0 fully saturated rings. The quantitative estimate of drug-likeness (QED) is 0.766. The Morgan fingerprint density at radius 2 is 1.92 bits per heavy atom. The molecule has 25 heavy (non-hydrogen) atoms. The average molecular weight is 361 g/mol. The molecule has 0 saturated heterocycles. The molecule has 5 nitrogen and oxygen atoms in total. The van der Waals surface area contributed by atoms with Gasteiger partial charge in [0.2, 0.25) is 5.91 Å². The summed E-state index contributed by atoms with van der Waals surface area (Å²) in [6, 6.07) is 14.3. The Morgan fingerprint density at radius 3 is 2.64 bits per heavy atom. The number of likely N-dealkylation sites (N-methyl/N-ethyl adjacent to an activating group) is 1. The number of para-hydroxylation sites is 1. The van der Waals surface area contributed by atoms with Crippen molar-refractivity contribution in [2.75, 3.05) is 25.5 Å². The molecule has 0 saturated carbocycles. The van der Waals surface area contributed by atoms with Gasteiger partial charge in [0.1, 0.15) is 0 Å². The van der Waals surface area contributed by atoms with Gasteiger partial charge in [-0.15, -0.1) is 0 Å². The largest absolute Gasteiger partial charge is 0.462 e. The first-order valence-corrected chi connectivity index (χ1v) is 8.36. The average Bonchev–Trinajstić information content (AvgIpc) is 2.55. The summed E-state index contributed by atoms with van der Waals surface area (Å²) in [4.78, 5) is 26.1. The van der Waals surface area contributed by atoms with E-state index in [1.54, 1.807) is 31.2 Å². The summed E-state index contributed by atoms with van der Waals surface area (Å²) >= 11 is 5.97. The van der Waals surface area contributed by atoms with Crippen LogP contribution in [0, 0.1) is 0 Å². The van der Waals surface area contributed by atoms with Gasteiger partial charge in [0.25, 0.3) is 0 Å². The number of benzene rings is 2. The number of ether oxygens (including phenoxy) is 1. The number of nitrogens with zero attached hydrogens (tertiary/aromatic N) is 1. The lowest BCUT2D eigenvalue weighted by Gasteiger charge is -2.17. The highest BCUT2D eigenvalue weighted by Crippen LogP contribution is 2.16. The van der Waals surface area contributed by atoms with Crippen LogP contribution in [0.1, 0.15) is 22.8 Å². The second-order valence-corrected chi connectivity index (χ2v) is 6.05. The van der Waals surface area contributed by atoms with Gasteiger partial charge in [0.05, 0.1) is 24.4 Å². The number of halogens is 1. The molecule has 0 aliphatic heterocycles. The van der Waals surface area contributed by atoms with Crippen LogP contribution in [0.25, 0.3) is 0 Å². The molecule has 1 amide bonds. The van der Waals surface area contributed by atoms with E-state index in [1.165, 1.54) is 0 Å². The number of amides is 1. The van der Waals surface area contributed by atoms with Crippen LogP contribution < -0.4 is 5.32 Å². The van der Waals surface area contributed by atoms with Crippen molar-refractivity contribution >= 4 is 29.2 Å². The summed E-state index contributed by atoms with van der Waals surface area (Å²) in [5, 5.41) is 3.44. The zero-order valence-electron chi connectivity index (χ0n) is 14.3. The molecular weight excluding hydrogens is 340 g/mol. The fourth-order valence-electron chi connectivity index (χ4n) is 2.42. The Labute approximate surface area is 152 Å². The second kappa shape index (κ2) is 9.20. The fourth-order valence-corrected chi connectivity index (χ4v) is 2.63. The lowest BCUT2D eigenvalue weighted by molar-refractivity contribution is -0.117. The Morgan fingerprint density at radius 1 is 1.16 bits per heavy atom. The molecule has 0 unspecified atom stereocenters. The van der Waals surface area contributed by atoms with E-state index in [4.69, 9.17) is 16.3 Å². The third-order valence-electron chi connectivity index (χ3n) is 3.45. The normalized spacial score (nSPS) is 10.6. The van der Waals surface area contributed by atoms with E-state index >= 15 is 0 Å². The van der Waals surface area contributed by atoms with Gasteiger partial charge >= 0.3 is 5.97 Å². The summed E-state index contributed by atoms with van der Waals surface area (Å²) in [7, 11) is 1.84. The van der Waals surface area contributed by atoms with Crippen LogP contribution in [0.5, 0.6) is 0 Å². The highest BCUT2D eigenvalue weighted by Gasteiger charge is 2.15. The maximum absolute atomic E-state index is 12.3. The van der Waals surface area contributed by atoms with Crippen molar-refractivity contribution in [3.63, 3.8) is 0 Å². The van der Waals surface area contributed by atoms with Gasteiger partial charge in [0, 0.05) is 11.6 Å². The van der Waals surface area contributed by atoms with Crippen molar-refractivity contribution in [2.45, 2.75) is 13.5 Å². The van der Waals surface area contributed by atoms with Crippen LogP contribution >= 0.6 is 11.6 Å². The molecule has 0 heterocycles. The highest BCUT2D eigenvalue weighted by atomic mass is 35.5. The number of hydrogen-bond acceptors (Lipinski definition) is 4. The van der Waals surface area contributed by atoms with Crippen LogP contribution in [0.15, 0.2) is 48.5 Å². The fraction of sp³-hybridized carbons (Fsp3) is 0.263. The lowest BCUT2D eigenvalue weighted by atomic mass is 10.1. The van der Waals surface area contributed by atoms with Gasteiger partial charge < -0.3 is 10.1 Å². The summed E-state index contributed by atoms with van der Waals surface area (Å²) in [5.41, 5.74) is 1.81. The molecule has 2 aromatic carbocycles. The molecule has 0 aliphatic carbocycles. The number of carbonyl (C=O) groups is 2. The third-order valence-corrected chi connectivity index (χ3v) is 3.69. The first-order valence-electron chi connectivity index (χ1n) is 7.98. The number of carbonyl (C=O) groups excluding carboxylic acids is 2. The topological polar surface area (TPSA) is 58.6 Å². The number of hydrogen-bond donors (Lipinski definition) is 1. The van der Waals surface area contributed by atoms with Crippen LogP contribution in [-0.4, -0.2) is 37.0 Å². The Balaban J connectivity index is 1.97. The van der Waals surface area contributed by atoms with Crippen molar-refractivity contribution in [1.29, 1.82) is 0 Å². The molecule has 0 aliphatic rings. The monoisotopic (exact) mass is 360 g/mol. The van der Waals surface area contributed by atoms with E-state index < -0.39 is 5.97 Å². The van der Waals surface area contributed by atoms with Gasteiger partial charge in [-0.1, -0.05) is 35.9 Å². The minimum atomic E-state index is -0.453. The van der Waals surface area contributed by atoms with Crippen LogP contribution in [0.2, 0.25) is 5.02 Å². The summed E-state index contributed by atoms with van der Waals surface area (Å²) in [6.45, 7) is 2.80. The van der Waals surface area contributed by atoms with Crippen molar-refractivity contribution in [3.05, 3.63) is 64.7 Å². The Bertz CT molecular complexity index is 749. The van der Waals surface area contributed by atoms with Crippen LogP contribution in [-0.2, 0) is 16.1 Å². The minimum absolute atomic E-state index is 0.184. The molecule has 0 atom stereocenters. The SMILES string of the molecule is CCOC(=O)c1ccccc1NC(=O)CN(C)Cc1cccc(Cl)c1. The van der Waals surface area contributed by atoms with Crippen molar-refractivity contribution < 1.29 is 14.3 Å². The Hall–Kier alpha value is -2.37. The summed E-state index contributed by atoms with van der Waals surface area (Å²) in [6.07, 6.45) is 0. The number of rotatable bonds is 7. The molecule has 0 aromatic heterocycles. The predicted octanol–water partition coefficient (Wildman–Crippen LogP) is 3.59. The molecule has 0 radical (unpaired) electrons. The lowest BCUT2D eigenvalue weighted by Crippen LogP contribution is -2.30. The molecule has 2 aromatic rings. The standard InChI is InChI=1S/C19H21ClN2O3/c1-3-25-19(24)16-9-4-5-10-17(16)21-18(23)13-22(2)12-14-7-6-8-15(20)11-14/h4-11H,3,12-13H2,1-2H3,(H,21,23). The molecule has 1 N–H and O–H groups in total. The number of anilines is 1. The van der Waals surface area contributed by atoms with E-state index in [1.807, 2.05) is 36.2 Å². The number of esters is 1. The predicted molar refractivity (Wildman–Crippen MR) is 98.8 cm³/mol. The zero-order valence-corrected chi connectivity index (χ0v) is 15.0. The van der Waals surface area contributed by atoms with Crippen LogP contribution in [0.4, 0.5) is 5.69 Å².